The Kier molecular flexibility index (Phi) is 7.36. The van der Waals surface area contributed by atoms with Gasteiger partial charge in [-0.1, -0.05) is 20.4 Å². The molecule has 0 saturated carbocycles. The molecule has 4 heterocycles. The highest BCUT2D eigenvalue weighted by atomic mass is 16.5. The molecule has 8 nitrogen and oxygen atoms in total. The molecular formula is C25H37N5O3. The quantitative estimate of drug-likeness (QED) is 0.625. The third-order valence-electron chi connectivity index (χ3n) is 6.76. The lowest BCUT2D eigenvalue weighted by molar-refractivity contribution is -0.134. The zero-order chi connectivity index (χ0) is 23.5. The second-order valence-electron chi connectivity index (χ2n) is 9.59. The average molecular weight is 456 g/mol. The number of morpholine rings is 1. The highest BCUT2D eigenvalue weighted by Crippen LogP contribution is 2.28. The van der Waals surface area contributed by atoms with Gasteiger partial charge in [0.05, 0.1) is 24.5 Å². The number of nitrogens with zero attached hydrogens (tertiary/aromatic N) is 4. The molecule has 0 bridgehead atoms. The Labute approximate surface area is 196 Å². The maximum Gasteiger partial charge on any atom is 0.246 e. The predicted octanol–water partition coefficient (Wildman–Crippen LogP) is 2.80. The summed E-state index contributed by atoms with van der Waals surface area (Å²) in [4.78, 5) is 20.9. The van der Waals surface area contributed by atoms with Crippen LogP contribution < -0.4 is 5.32 Å². The van der Waals surface area contributed by atoms with Crippen LogP contribution in [0, 0.1) is 0 Å². The number of likely N-dealkylation sites (tertiary alicyclic amines) is 1. The summed E-state index contributed by atoms with van der Waals surface area (Å²) >= 11 is 0. The number of rotatable bonds is 7. The van der Waals surface area contributed by atoms with E-state index >= 15 is 0 Å². The molecular weight excluding hydrogens is 418 g/mol. The van der Waals surface area contributed by atoms with E-state index in [4.69, 9.17) is 4.74 Å². The van der Waals surface area contributed by atoms with E-state index in [1.165, 1.54) is 6.08 Å². The van der Waals surface area contributed by atoms with Gasteiger partial charge in [-0.2, -0.15) is 0 Å². The first-order chi connectivity index (χ1) is 15.9. The minimum atomic E-state index is -0.540. The fourth-order valence-corrected chi connectivity index (χ4v) is 4.82. The molecule has 2 N–H and O–H groups in total. The third-order valence-corrected chi connectivity index (χ3v) is 6.76. The molecule has 2 saturated heterocycles. The fraction of sp³-hybridized carbons (Fsp3) is 0.600. The van der Waals surface area contributed by atoms with Crippen LogP contribution in [-0.4, -0.2) is 81.7 Å². The minimum Gasteiger partial charge on any atom is -0.389 e. The first kappa shape index (κ1) is 23.7. The molecule has 8 heteroatoms. The summed E-state index contributed by atoms with van der Waals surface area (Å²) in [7, 11) is 0. The van der Waals surface area contributed by atoms with E-state index < -0.39 is 6.10 Å². The van der Waals surface area contributed by atoms with E-state index in [1.54, 1.807) is 6.92 Å². The fourth-order valence-electron chi connectivity index (χ4n) is 4.82. The monoisotopic (exact) mass is 455 g/mol. The van der Waals surface area contributed by atoms with E-state index in [2.05, 4.69) is 40.0 Å². The van der Waals surface area contributed by atoms with Crippen LogP contribution in [0.2, 0.25) is 0 Å². The van der Waals surface area contributed by atoms with Gasteiger partial charge in [-0.25, -0.2) is 4.98 Å². The number of carbonyl (C=O) groups is 1. The van der Waals surface area contributed by atoms with Gasteiger partial charge in [-0.3, -0.25) is 4.79 Å². The van der Waals surface area contributed by atoms with Crippen LogP contribution in [-0.2, 0) is 9.53 Å². The molecule has 2 aliphatic heterocycles. The number of aromatic nitrogens is 2. The highest BCUT2D eigenvalue weighted by molar-refractivity contribution is 5.87. The normalized spacial score (nSPS) is 21.5. The van der Waals surface area contributed by atoms with Crippen molar-refractivity contribution in [1.82, 2.24) is 19.2 Å². The van der Waals surface area contributed by atoms with Crippen molar-refractivity contribution >= 4 is 17.2 Å². The lowest BCUT2D eigenvalue weighted by Crippen LogP contribution is -2.51. The van der Waals surface area contributed by atoms with Crippen LogP contribution in [0.25, 0.3) is 5.65 Å². The molecule has 0 aromatic carbocycles. The lowest BCUT2D eigenvalue weighted by atomic mass is 10.0. The number of imidazole rings is 1. The van der Waals surface area contributed by atoms with E-state index in [0.717, 1.165) is 55.1 Å². The number of nitrogens with one attached hydrogen (secondary N) is 1. The van der Waals surface area contributed by atoms with Gasteiger partial charge in [-0.05, 0) is 43.4 Å². The summed E-state index contributed by atoms with van der Waals surface area (Å²) in [5.41, 5.74) is 3.92. The van der Waals surface area contributed by atoms with Crippen molar-refractivity contribution in [2.45, 2.75) is 57.8 Å². The molecule has 2 aromatic heterocycles. The Morgan fingerprint density at radius 1 is 1.33 bits per heavy atom. The number of carbonyl (C=O) groups excluding carboxylic acids is 1. The summed E-state index contributed by atoms with van der Waals surface area (Å²) in [6.45, 7) is 14.4. The van der Waals surface area contributed by atoms with Crippen LogP contribution >= 0.6 is 0 Å². The summed E-state index contributed by atoms with van der Waals surface area (Å²) in [6, 6.07) is 2.38. The molecule has 4 rings (SSSR count). The number of hydrogen-bond acceptors (Lipinski definition) is 6. The minimum absolute atomic E-state index is 0.0171. The van der Waals surface area contributed by atoms with Gasteiger partial charge in [0.15, 0.2) is 5.65 Å². The molecule has 33 heavy (non-hydrogen) atoms. The van der Waals surface area contributed by atoms with Crippen LogP contribution in [0.5, 0.6) is 0 Å². The van der Waals surface area contributed by atoms with Crippen molar-refractivity contribution < 1.29 is 14.6 Å². The van der Waals surface area contributed by atoms with Gasteiger partial charge in [0.25, 0.3) is 0 Å². The maximum atomic E-state index is 11.9. The Morgan fingerprint density at radius 3 is 2.76 bits per heavy atom. The van der Waals surface area contributed by atoms with E-state index in [0.29, 0.717) is 31.7 Å². The number of aliphatic hydroxyl groups excluding tert-OH is 1. The first-order valence-electron chi connectivity index (χ1n) is 12.1. The number of piperidine rings is 1. The zero-order valence-corrected chi connectivity index (χ0v) is 20.0. The number of pyridine rings is 1. The smallest absolute Gasteiger partial charge is 0.246 e. The number of anilines is 1. The van der Waals surface area contributed by atoms with Gasteiger partial charge < -0.3 is 29.4 Å². The average Bonchev–Trinajstić information content (AvgIpc) is 3.25. The summed E-state index contributed by atoms with van der Waals surface area (Å²) in [5, 5.41) is 13.9. The van der Waals surface area contributed by atoms with Crippen molar-refractivity contribution in [2.75, 3.05) is 44.6 Å². The number of hydrogen-bond donors (Lipinski definition) is 2. The Balaban J connectivity index is 1.38. The number of amides is 1. The molecule has 2 aliphatic rings. The van der Waals surface area contributed by atoms with Crippen molar-refractivity contribution in [3.05, 3.63) is 42.4 Å². The van der Waals surface area contributed by atoms with Crippen LogP contribution in [0.3, 0.4) is 0 Å². The summed E-state index contributed by atoms with van der Waals surface area (Å²) < 4.78 is 8.03. The van der Waals surface area contributed by atoms with E-state index in [9.17, 15) is 9.90 Å². The molecule has 1 unspecified atom stereocenters. The van der Waals surface area contributed by atoms with Crippen molar-refractivity contribution in [2.24, 2.45) is 0 Å². The van der Waals surface area contributed by atoms with Gasteiger partial charge in [0.1, 0.15) is 0 Å². The van der Waals surface area contributed by atoms with E-state index in [-0.39, 0.29) is 12.0 Å². The van der Waals surface area contributed by atoms with Gasteiger partial charge in [-0.15, -0.1) is 0 Å². The molecule has 180 valence electrons. The highest BCUT2D eigenvalue weighted by Gasteiger charge is 2.27. The second-order valence-corrected chi connectivity index (χ2v) is 9.59. The van der Waals surface area contributed by atoms with Crippen molar-refractivity contribution in [1.29, 1.82) is 0 Å². The third kappa shape index (κ3) is 5.39. The molecule has 1 amide bonds. The first-order valence-corrected chi connectivity index (χ1v) is 12.1. The second kappa shape index (κ2) is 10.2. The van der Waals surface area contributed by atoms with Crippen LogP contribution in [0.15, 0.2) is 31.1 Å². The lowest BCUT2D eigenvalue weighted by Gasteiger charge is -2.38. The maximum absolute atomic E-state index is 11.9. The molecule has 2 fully saturated rings. The number of fused-ring (bicyclic) bond motifs is 1. The molecule has 2 atom stereocenters. The summed E-state index contributed by atoms with van der Waals surface area (Å²) in [6.07, 6.45) is 6.87. The Morgan fingerprint density at radius 2 is 2.09 bits per heavy atom. The van der Waals surface area contributed by atoms with Crippen LogP contribution in [0.1, 0.15) is 56.9 Å². The SMILES string of the molecule is C=CC(=O)N1CCO[C@@H](CN2CCC(Nc3cc(C(C)O)cn4c(C(C)C)cnc34)CC2)C1. The van der Waals surface area contributed by atoms with Crippen molar-refractivity contribution in [3.8, 4) is 0 Å². The van der Waals surface area contributed by atoms with Crippen LogP contribution in [0.4, 0.5) is 5.69 Å². The van der Waals surface area contributed by atoms with Gasteiger partial charge >= 0.3 is 0 Å². The molecule has 2 aromatic rings. The number of ether oxygens (including phenoxy) is 1. The Hall–Kier alpha value is -2.42. The number of aliphatic hydroxyl groups is 1. The predicted molar refractivity (Wildman–Crippen MR) is 130 cm³/mol. The van der Waals surface area contributed by atoms with E-state index in [1.807, 2.05) is 23.4 Å². The summed E-state index contributed by atoms with van der Waals surface area (Å²) in [5.74, 6) is 0.330. The standard InChI is InChI=1S/C25H37N5O3/c1-5-24(32)29-10-11-33-21(16-29)15-28-8-6-20(7-9-28)27-22-12-19(18(4)31)14-30-23(17(2)3)13-26-25(22)30/h5,12-14,17-18,20-21,27,31H,1,6-11,15-16H2,2-4H3/t18?,21-/m0/s1. The van der Waals surface area contributed by atoms with Crippen molar-refractivity contribution in [3.63, 3.8) is 0 Å². The zero-order valence-electron chi connectivity index (χ0n) is 20.0. The Bertz CT molecular complexity index is 978. The largest absolute Gasteiger partial charge is 0.389 e. The topological polar surface area (TPSA) is 82.3 Å². The van der Waals surface area contributed by atoms with Gasteiger partial charge in [0.2, 0.25) is 5.91 Å². The molecule has 0 spiro atoms. The molecule has 0 radical (unpaired) electrons. The van der Waals surface area contributed by atoms with Gasteiger partial charge in [0, 0.05) is 56.9 Å². The molecule has 0 aliphatic carbocycles.